The van der Waals surface area contributed by atoms with Gasteiger partial charge in [-0.1, -0.05) is 6.07 Å². The first kappa shape index (κ1) is 12.4. The van der Waals surface area contributed by atoms with Gasteiger partial charge in [-0.05, 0) is 18.6 Å². The first-order chi connectivity index (χ1) is 7.63. The summed E-state index contributed by atoms with van der Waals surface area (Å²) in [7, 11) is 0. The van der Waals surface area contributed by atoms with Gasteiger partial charge in [0.25, 0.3) is 0 Å². The van der Waals surface area contributed by atoms with Gasteiger partial charge < -0.3 is 5.32 Å². The van der Waals surface area contributed by atoms with Gasteiger partial charge in [0.1, 0.15) is 5.88 Å². The number of aromatic nitrogens is 1. The van der Waals surface area contributed by atoms with Crippen LogP contribution in [0.25, 0.3) is 0 Å². The summed E-state index contributed by atoms with van der Waals surface area (Å²) in [6.45, 7) is 2.17. The van der Waals surface area contributed by atoms with Crippen molar-refractivity contribution in [3.63, 3.8) is 0 Å². The third-order valence-corrected chi connectivity index (χ3v) is 2.15. The highest BCUT2D eigenvalue weighted by Gasteiger charge is 2.06. The van der Waals surface area contributed by atoms with Crippen molar-refractivity contribution in [1.29, 1.82) is 0 Å². The highest BCUT2D eigenvalue weighted by molar-refractivity contribution is 6.28. The Morgan fingerprint density at radius 3 is 2.88 bits per heavy atom. The molecule has 1 aromatic rings. The molecule has 1 rings (SSSR count). The molecular weight excluding hydrogens is 230 g/mol. The summed E-state index contributed by atoms with van der Waals surface area (Å²) in [5.74, 6) is -0.771. The molecule has 0 aromatic carbocycles. The standard InChI is InChI=1S/C10H12ClN3O2/c1-7-3-2-4-12-8(7)6-13-10(16)14-9(15)5-11/h2-4H,5-6H2,1H3,(H2,13,14,15,16). The Morgan fingerprint density at radius 1 is 1.50 bits per heavy atom. The average molecular weight is 242 g/mol. The number of imide groups is 1. The van der Waals surface area contributed by atoms with Crippen molar-refractivity contribution in [2.24, 2.45) is 0 Å². The van der Waals surface area contributed by atoms with Crippen molar-refractivity contribution < 1.29 is 9.59 Å². The number of urea groups is 1. The highest BCUT2D eigenvalue weighted by atomic mass is 35.5. The van der Waals surface area contributed by atoms with Crippen molar-refractivity contribution in [2.75, 3.05) is 5.88 Å². The van der Waals surface area contributed by atoms with Gasteiger partial charge >= 0.3 is 6.03 Å². The van der Waals surface area contributed by atoms with Crippen molar-refractivity contribution >= 4 is 23.5 Å². The fraction of sp³-hybridized carbons (Fsp3) is 0.300. The Bertz CT molecular complexity index is 395. The van der Waals surface area contributed by atoms with E-state index in [4.69, 9.17) is 11.6 Å². The third kappa shape index (κ3) is 3.86. The summed E-state index contributed by atoms with van der Waals surface area (Å²) in [5.41, 5.74) is 1.74. The summed E-state index contributed by atoms with van der Waals surface area (Å²) < 4.78 is 0. The zero-order valence-electron chi connectivity index (χ0n) is 8.79. The third-order valence-electron chi connectivity index (χ3n) is 1.91. The molecule has 0 bridgehead atoms. The number of nitrogens with zero attached hydrogens (tertiary/aromatic N) is 1. The number of rotatable bonds is 3. The van der Waals surface area contributed by atoms with Crippen LogP contribution in [0.1, 0.15) is 11.3 Å². The van der Waals surface area contributed by atoms with Crippen LogP contribution in [-0.2, 0) is 11.3 Å². The van der Waals surface area contributed by atoms with E-state index in [0.717, 1.165) is 11.3 Å². The van der Waals surface area contributed by atoms with Crippen LogP contribution in [0.4, 0.5) is 4.79 Å². The lowest BCUT2D eigenvalue weighted by Crippen LogP contribution is -2.39. The molecule has 0 spiro atoms. The first-order valence-corrected chi connectivity index (χ1v) is 5.21. The molecule has 0 aliphatic rings. The summed E-state index contributed by atoms with van der Waals surface area (Å²) >= 11 is 5.23. The quantitative estimate of drug-likeness (QED) is 0.775. The lowest BCUT2D eigenvalue weighted by Gasteiger charge is -2.06. The highest BCUT2D eigenvalue weighted by Crippen LogP contribution is 2.01. The maximum Gasteiger partial charge on any atom is 0.321 e. The number of carbonyl (C=O) groups excluding carboxylic acids is 2. The van der Waals surface area contributed by atoms with Gasteiger partial charge in [-0.25, -0.2) is 4.79 Å². The van der Waals surface area contributed by atoms with Crippen LogP contribution in [0.3, 0.4) is 0 Å². The second-order valence-electron chi connectivity index (χ2n) is 3.13. The maximum atomic E-state index is 11.2. The molecule has 0 atom stereocenters. The van der Waals surface area contributed by atoms with E-state index in [9.17, 15) is 9.59 Å². The van der Waals surface area contributed by atoms with Crippen molar-refractivity contribution in [2.45, 2.75) is 13.5 Å². The van der Waals surface area contributed by atoms with Crippen molar-refractivity contribution in [3.05, 3.63) is 29.6 Å². The Balaban J connectivity index is 2.43. The van der Waals surface area contributed by atoms with E-state index in [1.54, 1.807) is 6.20 Å². The lowest BCUT2D eigenvalue weighted by atomic mass is 10.2. The summed E-state index contributed by atoms with van der Waals surface area (Å²) in [6.07, 6.45) is 1.64. The molecule has 0 saturated carbocycles. The molecule has 0 saturated heterocycles. The van der Waals surface area contributed by atoms with Crippen LogP contribution in [0.5, 0.6) is 0 Å². The van der Waals surface area contributed by atoms with Crippen LogP contribution in [0.15, 0.2) is 18.3 Å². The van der Waals surface area contributed by atoms with Crippen LogP contribution >= 0.6 is 11.6 Å². The van der Waals surface area contributed by atoms with Gasteiger partial charge in [-0.2, -0.15) is 0 Å². The van der Waals surface area contributed by atoms with E-state index in [1.165, 1.54) is 0 Å². The molecule has 0 aliphatic carbocycles. The number of hydrogen-bond acceptors (Lipinski definition) is 3. The summed E-state index contributed by atoms with van der Waals surface area (Å²) in [4.78, 5) is 26.0. The molecule has 0 fully saturated rings. The van der Waals surface area contributed by atoms with E-state index in [1.807, 2.05) is 19.1 Å². The van der Waals surface area contributed by atoms with E-state index in [-0.39, 0.29) is 12.4 Å². The molecule has 3 amide bonds. The zero-order valence-corrected chi connectivity index (χ0v) is 9.54. The second kappa shape index (κ2) is 6.07. The minimum absolute atomic E-state index is 0.240. The molecule has 5 nitrogen and oxygen atoms in total. The molecule has 0 radical (unpaired) electrons. The maximum absolute atomic E-state index is 11.2. The van der Waals surface area contributed by atoms with E-state index < -0.39 is 11.9 Å². The van der Waals surface area contributed by atoms with Crippen LogP contribution in [0.2, 0.25) is 0 Å². The number of amides is 3. The molecule has 0 aliphatic heterocycles. The number of carbonyl (C=O) groups is 2. The first-order valence-electron chi connectivity index (χ1n) is 4.67. The SMILES string of the molecule is Cc1cccnc1CNC(=O)NC(=O)CCl. The van der Waals surface area contributed by atoms with Gasteiger partial charge in [-0.15, -0.1) is 11.6 Å². The van der Waals surface area contributed by atoms with Crippen molar-refractivity contribution in [1.82, 2.24) is 15.6 Å². The minimum atomic E-state index is -0.573. The second-order valence-corrected chi connectivity index (χ2v) is 3.40. The lowest BCUT2D eigenvalue weighted by molar-refractivity contribution is -0.117. The fourth-order valence-corrected chi connectivity index (χ4v) is 1.14. The van der Waals surface area contributed by atoms with Gasteiger partial charge in [0.05, 0.1) is 12.2 Å². The van der Waals surface area contributed by atoms with E-state index in [0.29, 0.717) is 0 Å². The number of alkyl halides is 1. The minimum Gasteiger partial charge on any atom is -0.332 e. The molecule has 6 heteroatoms. The average Bonchev–Trinajstić information content (AvgIpc) is 2.28. The van der Waals surface area contributed by atoms with Crippen LogP contribution in [-0.4, -0.2) is 22.8 Å². The molecule has 1 heterocycles. The Morgan fingerprint density at radius 2 is 2.25 bits per heavy atom. The predicted octanol–water partition coefficient (Wildman–Crippen LogP) is 0.955. The monoisotopic (exact) mass is 241 g/mol. The molecule has 1 aromatic heterocycles. The number of pyridine rings is 1. The molecule has 86 valence electrons. The number of hydrogen-bond donors (Lipinski definition) is 2. The molecule has 0 unspecified atom stereocenters. The Hall–Kier alpha value is -1.62. The topological polar surface area (TPSA) is 71.1 Å². The van der Waals surface area contributed by atoms with E-state index >= 15 is 0 Å². The van der Waals surface area contributed by atoms with Crippen molar-refractivity contribution in [3.8, 4) is 0 Å². The Kier molecular flexibility index (Phi) is 4.72. The molecule has 2 N–H and O–H groups in total. The number of halogens is 1. The van der Waals surface area contributed by atoms with E-state index in [2.05, 4.69) is 15.6 Å². The largest absolute Gasteiger partial charge is 0.332 e. The molecular formula is C10H12ClN3O2. The normalized spacial score (nSPS) is 9.62. The Labute approximate surface area is 98.2 Å². The van der Waals surface area contributed by atoms with Gasteiger partial charge in [0.15, 0.2) is 0 Å². The zero-order chi connectivity index (χ0) is 12.0. The predicted molar refractivity (Wildman–Crippen MR) is 60.1 cm³/mol. The van der Waals surface area contributed by atoms with Gasteiger partial charge in [-0.3, -0.25) is 15.1 Å². The van der Waals surface area contributed by atoms with Crippen LogP contribution < -0.4 is 10.6 Å². The number of aryl methyl sites for hydroxylation is 1. The fourth-order valence-electron chi connectivity index (χ4n) is 1.07. The van der Waals surface area contributed by atoms with Gasteiger partial charge in [0, 0.05) is 6.20 Å². The summed E-state index contributed by atoms with van der Waals surface area (Å²) in [5, 5.41) is 4.58. The number of nitrogens with one attached hydrogen (secondary N) is 2. The van der Waals surface area contributed by atoms with Crippen LogP contribution in [0, 0.1) is 6.92 Å². The van der Waals surface area contributed by atoms with Gasteiger partial charge in [0.2, 0.25) is 5.91 Å². The molecule has 16 heavy (non-hydrogen) atoms. The smallest absolute Gasteiger partial charge is 0.321 e. The summed E-state index contributed by atoms with van der Waals surface area (Å²) in [6, 6.07) is 3.14.